The Morgan fingerprint density at radius 3 is 1.64 bits per heavy atom. The first-order valence-corrected chi connectivity index (χ1v) is 14.5. The lowest BCUT2D eigenvalue weighted by Gasteiger charge is -2.43. The van der Waals surface area contributed by atoms with Gasteiger partial charge in [-0.1, -0.05) is 101 Å². The van der Waals surface area contributed by atoms with Gasteiger partial charge in [-0.05, 0) is 55.8 Å². The van der Waals surface area contributed by atoms with E-state index in [1.807, 2.05) is 0 Å². The molecule has 1 heterocycles. The summed E-state index contributed by atoms with van der Waals surface area (Å²) >= 11 is 0. The average molecular weight is 467 g/mol. The molecular formula is C28H43BO3Si. The van der Waals surface area contributed by atoms with Crippen LogP contribution in [0.5, 0.6) is 0 Å². The molecule has 0 radical (unpaired) electrons. The Morgan fingerprint density at radius 2 is 1.18 bits per heavy atom. The van der Waals surface area contributed by atoms with Crippen LogP contribution in [0.25, 0.3) is 0 Å². The Balaban J connectivity index is 1.57. The van der Waals surface area contributed by atoms with Crippen LogP contribution in [0.15, 0.2) is 60.7 Å². The molecule has 1 saturated heterocycles. The summed E-state index contributed by atoms with van der Waals surface area (Å²) in [5, 5.41) is 2.74. The maximum Gasteiger partial charge on any atom is 0.457 e. The standard InChI is InChI=1S/C28H43BO3Si/c1-26(2,3)33(24-18-12-10-13-19-24,25-20-14-11-15-21-25)30-23-17-9-8-16-22-29-31-27(4,5)28(6,7)32-29/h10-15,18-21H,8-9,16-17,22-23H2,1-7H3. The molecule has 3 nitrogen and oxygen atoms in total. The maximum absolute atomic E-state index is 6.99. The second-order valence-corrected chi connectivity index (χ2v) is 15.7. The van der Waals surface area contributed by atoms with Gasteiger partial charge in [-0.25, -0.2) is 0 Å². The number of rotatable bonds is 10. The quantitative estimate of drug-likeness (QED) is 0.308. The van der Waals surface area contributed by atoms with E-state index < -0.39 is 8.32 Å². The van der Waals surface area contributed by atoms with Crippen LogP contribution in [-0.2, 0) is 13.7 Å². The molecule has 0 unspecified atom stereocenters. The first-order valence-electron chi connectivity index (χ1n) is 12.6. The third-order valence-corrected chi connectivity index (χ3v) is 12.4. The van der Waals surface area contributed by atoms with Crippen LogP contribution >= 0.6 is 0 Å². The van der Waals surface area contributed by atoms with E-state index >= 15 is 0 Å². The van der Waals surface area contributed by atoms with Gasteiger partial charge >= 0.3 is 7.12 Å². The molecule has 0 amide bonds. The Kier molecular flexibility index (Phi) is 8.32. The summed E-state index contributed by atoms with van der Waals surface area (Å²) in [6.45, 7) is 16.3. The molecule has 0 aromatic heterocycles. The second-order valence-electron chi connectivity index (χ2n) is 11.4. The highest BCUT2D eigenvalue weighted by molar-refractivity contribution is 6.99. The zero-order chi connectivity index (χ0) is 24.2. The van der Waals surface area contributed by atoms with E-state index in [0.717, 1.165) is 32.2 Å². The fraction of sp³-hybridized carbons (Fsp3) is 0.571. The van der Waals surface area contributed by atoms with Gasteiger partial charge in [-0.3, -0.25) is 0 Å². The molecule has 1 aliphatic rings. The van der Waals surface area contributed by atoms with Gasteiger partial charge in [0, 0.05) is 6.61 Å². The topological polar surface area (TPSA) is 27.7 Å². The molecule has 0 atom stereocenters. The second kappa shape index (κ2) is 10.5. The van der Waals surface area contributed by atoms with Gasteiger partial charge in [0.1, 0.15) is 0 Å². The smallest absolute Gasteiger partial charge is 0.407 e. The molecule has 1 fully saturated rings. The summed E-state index contributed by atoms with van der Waals surface area (Å²) in [5.41, 5.74) is -0.470. The molecule has 0 aliphatic carbocycles. The highest BCUT2D eigenvalue weighted by Gasteiger charge is 2.51. The van der Waals surface area contributed by atoms with E-state index in [9.17, 15) is 0 Å². The van der Waals surface area contributed by atoms with Gasteiger partial charge in [0.05, 0.1) is 11.2 Å². The highest BCUT2D eigenvalue weighted by Crippen LogP contribution is 2.38. The van der Waals surface area contributed by atoms with Crippen molar-refractivity contribution in [2.45, 2.75) is 96.7 Å². The Morgan fingerprint density at radius 1 is 0.727 bits per heavy atom. The summed E-state index contributed by atoms with van der Waals surface area (Å²) in [6.07, 6.45) is 5.50. The summed E-state index contributed by atoms with van der Waals surface area (Å²) < 4.78 is 19.3. The molecule has 0 bridgehead atoms. The number of benzene rings is 2. The minimum Gasteiger partial charge on any atom is -0.407 e. The van der Waals surface area contributed by atoms with E-state index in [-0.39, 0.29) is 23.4 Å². The fourth-order valence-electron chi connectivity index (χ4n) is 4.84. The molecule has 33 heavy (non-hydrogen) atoms. The van der Waals surface area contributed by atoms with Gasteiger partial charge in [-0.15, -0.1) is 0 Å². The fourth-order valence-corrected chi connectivity index (χ4v) is 9.44. The van der Waals surface area contributed by atoms with Crippen molar-refractivity contribution in [3.63, 3.8) is 0 Å². The van der Waals surface area contributed by atoms with Crippen molar-refractivity contribution in [2.75, 3.05) is 6.61 Å². The number of unbranched alkanes of at least 4 members (excludes halogenated alkanes) is 3. The third-order valence-electron chi connectivity index (χ3n) is 7.37. The summed E-state index contributed by atoms with van der Waals surface area (Å²) in [4.78, 5) is 0. The van der Waals surface area contributed by atoms with Crippen molar-refractivity contribution >= 4 is 25.8 Å². The molecule has 2 aromatic carbocycles. The third kappa shape index (κ3) is 5.82. The lowest BCUT2D eigenvalue weighted by atomic mass is 9.82. The lowest BCUT2D eigenvalue weighted by Crippen LogP contribution is -2.66. The van der Waals surface area contributed by atoms with Crippen LogP contribution < -0.4 is 10.4 Å². The molecule has 5 heteroatoms. The molecule has 0 spiro atoms. The van der Waals surface area contributed by atoms with Crippen molar-refractivity contribution in [3.05, 3.63) is 60.7 Å². The van der Waals surface area contributed by atoms with Crippen molar-refractivity contribution in [1.29, 1.82) is 0 Å². The molecule has 2 aromatic rings. The predicted molar refractivity (Wildman–Crippen MR) is 143 cm³/mol. The molecule has 3 rings (SSSR count). The van der Waals surface area contributed by atoms with E-state index in [4.69, 9.17) is 13.7 Å². The molecule has 1 aliphatic heterocycles. The van der Waals surface area contributed by atoms with Crippen molar-refractivity contribution in [2.24, 2.45) is 0 Å². The number of hydrogen-bond acceptors (Lipinski definition) is 3. The largest absolute Gasteiger partial charge is 0.457 e. The first-order chi connectivity index (χ1) is 15.5. The monoisotopic (exact) mass is 466 g/mol. The van der Waals surface area contributed by atoms with Crippen LogP contribution in [0, 0.1) is 0 Å². The van der Waals surface area contributed by atoms with E-state index in [2.05, 4.69) is 109 Å². The minimum atomic E-state index is -2.41. The maximum atomic E-state index is 6.99. The van der Waals surface area contributed by atoms with Crippen LogP contribution in [0.4, 0.5) is 0 Å². The summed E-state index contributed by atoms with van der Waals surface area (Å²) in [7, 11) is -2.49. The van der Waals surface area contributed by atoms with E-state index in [1.54, 1.807) is 0 Å². The summed E-state index contributed by atoms with van der Waals surface area (Å²) in [6, 6.07) is 21.8. The minimum absolute atomic E-state index is 0.0342. The SMILES string of the molecule is CC1(C)OB(CCCCCCO[Si](c2ccccc2)(c2ccccc2)C(C)(C)C)OC1(C)C. The van der Waals surface area contributed by atoms with Gasteiger partial charge in [0.25, 0.3) is 8.32 Å². The van der Waals surface area contributed by atoms with Crippen LogP contribution in [0.2, 0.25) is 11.4 Å². The Hall–Kier alpha value is -1.40. The average Bonchev–Trinajstić information content (AvgIpc) is 2.96. The zero-order valence-corrected chi connectivity index (χ0v) is 22.8. The predicted octanol–water partition coefficient (Wildman–Crippen LogP) is 6.22. The first kappa shape index (κ1) is 26.2. The molecule has 0 N–H and O–H groups in total. The normalized spacial score (nSPS) is 18.0. The van der Waals surface area contributed by atoms with Gasteiger partial charge in [0.2, 0.25) is 0 Å². The van der Waals surface area contributed by atoms with Crippen molar-refractivity contribution in [3.8, 4) is 0 Å². The Labute approximate surface area is 203 Å². The van der Waals surface area contributed by atoms with Crippen LogP contribution in [-0.4, -0.2) is 33.2 Å². The highest BCUT2D eigenvalue weighted by atomic mass is 28.4. The van der Waals surface area contributed by atoms with Crippen LogP contribution in [0.3, 0.4) is 0 Å². The van der Waals surface area contributed by atoms with E-state index in [1.165, 1.54) is 16.8 Å². The van der Waals surface area contributed by atoms with Crippen molar-refractivity contribution < 1.29 is 13.7 Å². The van der Waals surface area contributed by atoms with Gasteiger partial charge in [-0.2, -0.15) is 0 Å². The molecule has 0 saturated carbocycles. The zero-order valence-electron chi connectivity index (χ0n) is 21.8. The van der Waals surface area contributed by atoms with Gasteiger partial charge in [0.15, 0.2) is 0 Å². The lowest BCUT2D eigenvalue weighted by molar-refractivity contribution is 0.00578. The number of hydrogen-bond donors (Lipinski definition) is 0. The molecule has 180 valence electrons. The van der Waals surface area contributed by atoms with Crippen LogP contribution in [0.1, 0.15) is 74.1 Å². The van der Waals surface area contributed by atoms with E-state index in [0.29, 0.717) is 0 Å². The molecular weight excluding hydrogens is 423 g/mol. The van der Waals surface area contributed by atoms with Crippen molar-refractivity contribution in [1.82, 2.24) is 0 Å². The van der Waals surface area contributed by atoms with Gasteiger partial charge < -0.3 is 13.7 Å². The summed E-state index contributed by atoms with van der Waals surface area (Å²) in [5.74, 6) is 0. The Bertz CT molecular complexity index is 806.